The van der Waals surface area contributed by atoms with Crippen molar-refractivity contribution in [2.75, 3.05) is 13.1 Å². The fourth-order valence-electron chi connectivity index (χ4n) is 3.23. The van der Waals surface area contributed by atoms with Gasteiger partial charge in [-0.15, -0.1) is 5.10 Å². The minimum absolute atomic E-state index is 0.0218. The standard InChI is InChI=1S/C21H22N4O2/c1-21(2,27)19-14-25(23-22-19)16-12-24(13-16)20(26)18-11-7-6-10-17(18)15-8-4-3-5-9-15/h3-11,14,16,27H,12-13H2,1-2H3. The zero-order valence-electron chi connectivity index (χ0n) is 15.4. The van der Waals surface area contributed by atoms with Crippen molar-refractivity contribution in [3.63, 3.8) is 0 Å². The molecule has 0 spiro atoms. The second-order valence-corrected chi connectivity index (χ2v) is 7.42. The molecule has 1 N–H and O–H groups in total. The van der Waals surface area contributed by atoms with Crippen molar-refractivity contribution in [2.45, 2.75) is 25.5 Å². The summed E-state index contributed by atoms with van der Waals surface area (Å²) in [4.78, 5) is 14.8. The highest BCUT2D eigenvalue weighted by atomic mass is 16.3. The maximum absolute atomic E-state index is 13.0. The Kier molecular flexibility index (Phi) is 4.28. The quantitative estimate of drug-likeness (QED) is 0.775. The molecule has 6 nitrogen and oxygen atoms in total. The van der Waals surface area contributed by atoms with E-state index in [2.05, 4.69) is 10.3 Å². The van der Waals surface area contributed by atoms with E-state index < -0.39 is 5.60 Å². The highest BCUT2D eigenvalue weighted by molar-refractivity contribution is 6.01. The van der Waals surface area contributed by atoms with Crippen LogP contribution < -0.4 is 0 Å². The van der Waals surface area contributed by atoms with Crippen LogP contribution in [-0.4, -0.2) is 44.0 Å². The van der Waals surface area contributed by atoms with Gasteiger partial charge in [0.05, 0.1) is 12.2 Å². The number of carbonyl (C=O) groups is 1. The Balaban J connectivity index is 1.50. The van der Waals surface area contributed by atoms with Gasteiger partial charge in [-0.05, 0) is 31.0 Å². The molecule has 138 valence electrons. The molecule has 6 heteroatoms. The first kappa shape index (κ1) is 17.4. The van der Waals surface area contributed by atoms with Crippen LogP contribution >= 0.6 is 0 Å². The van der Waals surface area contributed by atoms with Gasteiger partial charge >= 0.3 is 0 Å². The van der Waals surface area contributed by atoms with Gasteiger partial charge in [0.1, 0.15) is 11.3 Å². The Morgan fingerprint density at radius 2 is 1.74 bits per heavy atom. The predicted octanol–water partition coefficient (Wildman–Crippen LogP) is 2.87. The highest BCUT2D eigenvalue weighted by Crippen LogP contribution is 2.29. The molecule has 2 heterocycles. The molecule has 1 amide bonds. The molecule has 27 heavy (non-hydrogen) atoms. The Morgan fingerprint density at radius 3 is 2.41 bits per heavy atom. The molecule has 1 aliphatic rings. The summed E-state index contributed by atoms with van der Waals surface area (Å²) >= 11 is 0. The monoisotopic (exact) mass is 362 g/mol. The van der Waals surface area contributed by atoms with Gasteiger partial charge in [-0.1, -0.05) is 53.7 Å². The average Bonchev–Trinajstić information content (AvgIpc) is 3.11. The fourth-order valence-corrected chi connectivity index (χ4v) is 3.23. The maximum atomic E-state index is 13.0. The van der Waals surface area contributed by atoms with Crippen LogP contribution in [0, 0.1) is 0 Å². The first-order valence-electron chi connectivity index (χ1n) is 9.02. The van der Waals surface area contributed by atoms with E-state index in [0.717, 1.165) is 11.1 Å². The zero-order valence-corrected chi connectivity index (χ0v) is 15.4. The van der Waals surface area contributed by atoms with Crippen molar-refractivity contribution in [3.8, 4) is 11.1 Å². The summed E-state index contributed by atoms with van der Waals surface area (Å²) in [5, 5.41) is 18.2. The first-order valence-corrected chi connectivity index (χ1v) is 9.02. The van der Waals surface area contributed by atoms with Crippen molar-refractivity contribution < 1.29 is 9.90 Å². The molecule has 3 aromatic rings. The van der Waals surface area contributed by atoms with Gasteiger partial charge in [-0.3, -0.25) is 4.79 Å². The lowest BCUT2D eigenvalue weighted by molar-refractivity contribution is 0.0497. The minimum Gasteiger partial charge on any atom is -0.384 e. The number of nitrogens with zero attached hydrogens (tertiary/aromatic N) is 4. The third-order valence-electron chi connectivity index (χ3n) is 4.90. The number of aliphatic hydroxyl groups is 1. The molecular weight excluding hydrogens is 340 g/mol. The van der Waals surface area contributed by atoms with Crippen molar-refractivity contribution >= 4 is 5.91 Å². The summed E-state index contributed by atoms with van der Waals surface area (Å²) in [6.45, 7) is 4.52. The molecule has 1 aromatic heterocycles. The summed E-state index contributed by atoms with van der Waals surface area (Å²) in [5.74, 6) is 0.0218. The second-order valence-electron chi connectivity index (χ2n) is 7.42. The Bertz CT molecular complexity index is 954. The van der Waals surface area contributed by atoms with Crippen molar-refractivity contribution in [3.05, 3.63) is 72.1 Å². The summed E-state index contributed by atoms with van der Waals surface area (Å²) in [6.07, 6.45) is 1.75. The van der Waals surface area contributed by atoms with Gasteiger partial charge in [0.25, 0.3) is 5.91 Å². The molecular formula is C21H22N4O2. The van der Waals surface area contributed by atoms with Gasteiger partial charge in [0.15, 0.2) is 0 Å². The molecule has 0 saturated carbocycles. The van der Waals surface area contributed by atoms with Gasteiger partial charge in [0.2, 0.25) is 0 Å². The molecule has 4 rings (SSSR count). The fraction of sp³-hybridized carbons (Fsp3) is 0.286. The van der Waals surface area contributed by atoms with Gasteiger partial charge in [-0.25, -0.2) is 4.68 Å². The summed E-state index contributed by atoms with van der Waals surface area (Å²) in [5.41, 5.74) is 2.19. The summed E-state index contributed by atoms with van der Waals surface area (Å²) in [7, 11) is 0. The Morgan fingerprint density at radius 1 is 1.07 bits per heavy atom. The minimum atomic E-state index is -1.02. The Labute approximate surface area is 158 Å². The SMILES string of the molecule is CC(C)(O)c1cn(C2CN(C(=O)c3ccccc3-c3ccccc3)C2)nn1. The number of hydrogen-bond acceptors (Lipinski definition) is 4. The second kappa shape index (κ2) is 6.63. The van der Waals surface area contributed by atoms with Crippen LogP contribution in [0.25, 0.3) is 11.1 Å². The third-order valence-corrected chi connectivity index (χ3v) is 4.90. The van der Waals surface area contributed by atoms with E-state index in [0.29, 0.717) is 24.3 Å². The van der Waals surface area contributed by atoms with Crippen molar-refractivity contribution in [1.29, 1.82) is 0 Å². The van der Waals surface area contributed by atoms with Crippen LogP contribution in [0.3, 0.4) is 0 Å². The van der Waals surface area contributed by atoms with Crippen molar-refractivity contribution in [1.82, 2.24) is 19.9 Å². The smallest absolute Gasteiger partial charge is 0.254 e. The van der Waals surface area contributed by atoms with E-state index in [4.69, 9.17) is 0 Å². The van der Waals surface area contributed by atoms with Crippen molar-refractivity contribution in [2.24, 2.45) is 0 Å². The Hall–Kier alpha value is -2.99. The molecule has 0 bridgehead atoms. The molecule has 1 saturated heterocycles. The van der Waals surface area contributed by atoms with E-state index in [-0.39, 0.29) is 11.9 Å². The van der Waals surface area contributed by atoms with Crippen LogP contribution in [0.1, 0.15) is 35.9 Å². The lowest BCUT2D eigenvalue weighted by Gasteiger charge is -2.39. The lowest BCUT2D eigenvalue weighted by Crippen LogP contribution is -2.51. The third kappa shape index (κ3) is 3.36. The number of likely N-dealkylation sites (tertiary alicyclic amines) is 1. The first-order chi connectivity index (χ1) is 12.9. The number of aromatic nitrogens is 3. The number of hydrogen-bond donors (Lipinski definition) is 1. The summed E-state index contributed by atoms with van der Waals surface area (Å²) in [6, 6.07) is 17.7. The molecule has 1 aliphatic heterocycles. The predicted molar refractivity (Wildman–Crippen MR) is 102 cm³/mol. The van der Waals surface area contributed by atoms with E-state index in [1.807, 2.05) is 59.5 Å². The van der Waals surface area contributed by atoms with E-state index in [1.165, 1.54) is 0 Å². The number of carbonyl (C=O) groups excluding carboxylic acids is 1. The molecule has 2 aromatic carbocycles. The number of amides is 1. The van der Waals surface area contributed by atoms with E-state index in [9.17, 15) is 9.90 Å². The number of rotatable bonds is 4. The van der Waals surface area contributed by atoms with Gasteiger partial charge in [-0.2, -0.15) is 0 Å². The topological polar surface area (TPSA) is 71.2 Å². The van der Waals surface area contributed by atoms with Crippen LogP contribution in [0.15, 0.2) is 60.8 Å². The highest BCUT2D eigenvalue weighted by Gasteiger charge is 2.35. The van der Waals surface area contributed by atoms with Gasteiger partial charge < -0.3 is 10.0 Å². The lowest BCUT2D eigenvalue weighted by atomic mass is 9.97. The van der Waals surface area contributed by atoms with Crippen LogP contribution in [0.5, 0.6) is 0 Å². The molecule has 0 atom stereocenters. The molecule has 1 fully saturated rings. The largest absolute Gasteiger partial charge is 0.384 e. The average molecular weight is 362 g/mol. The zero-order chi connectivity index (χ0) is 19.0. The maximum Gasteiger partial charge on any atom is 0.254 e. The van der Waals surface area contributed by atoms with E-state index in [1.54, 1.807) is 24.7 Å². The normalized spacial score (nSPS) is 14.9. The molecule has 0 unspecified atom stereocenters. The van der Waals surface area contributed by atoms with Crippen LogP contribution in [0.4, 0.5) is 0 Å². The van der Waals surface area contributed by atoms with Crippen LogP contribution in [0.2, 0.25) is 0 Å². The summed E-state index contributed by atoms with van der Waals surface area (Å²) < 4.78 is 1.74. The number of benzene rings is 2. The molecule has 0 aliphatic carbocycles. The van der Waals surface area contributed by atoms with Gasteiger partial charge in [0, 0.05) is 18.7 Å². The van der Waals surface area contributed by atoms with E-state index >= 15 is 0 Å². The molecule has 0 radical (unpaired) electrons. The van der Waals surface area contributed by atoms with Crippen LogP contribution in [-0.2, 0) is 5.60 Å².